The van der Waals surface area contributed by atoms with E-state index in [1.54, 1.807) is 12.1 Å². The Kier molecular flexibility index (Phi) is 6.20. The van der Waals surface area contributed by atoms with Crippen LogP contribution < -0.4 is 11.1 Å². The molecule has 3 N–H and O–H groups in total. The molecule has 1 atom stereocenters. The fourth-order valence-corrected chi connectivity index (χ4v) is 2.55. The van der Waals surface area contributed by atoms with Crippen molar-refractivity contribution in [2.24, 2.45) is 0 Å². The molecule has 0 aliphatic carbocycles. The van der Waals surface area contributed by atoms with Crippen molar-refractivity contribution < 1.29 is 4.79 Å². The number of amides is 1. The Hall–Kier alpha value is -1.79. The van der Waals surface area contributed by atoms with Crippen molar-refractivity contribution >= 4 is 36.4 Å². The van der Waals surface area contributed by atoms with E-state index in [9.17, 15) is 4.79 Å². The average molecular weight is 344 g/mol. The lowest BCUT2D eigenvalue weighted by Crippen LogP contribution is -2.33. The summed E-state index contributed by atoms with van der Waals surface area (Å²) in [6.07, 6.45) is 3.40. The van der Waals surface area contributed by atoms with Crippen LogP contribution in [0.5, 0.6) is 0 Å². The number of hydrogen-bond donors (Lipinski definition) is 2. The second-order valence-electron chi connectivity index (χ2n) is 5.08. The monoisotopic (exact) mass is 343 g/mol. The summed E-state index contributed by atoms with van der Waals surface area (Å²) < 4.78 is 1.85. The Labute approximate surface area is 141 Å². The summed E-state index contributed by atoms with van der Waals surface area (Å²) in [4.78, 5) is 16.6. The van der Waals surface area contributed by atoms with Gasteiger partial charge in [0.1, 0.15) is 12.2 Å². The first-order valence-corrected chi connectivity index (χ1v) is 6.70. The summed E-state index contributed by atoms with van der Waals surface area (Å²) in [5.74, 6) is 0.711. The van der Waals surface area contributed by atoms with Gasteiger partial charge in [-0.1, -0.05) is 6.07 Å². The molecule has 0 saturated heterocycles. The molecular weight excluding hydrogens is 325 g/mol. The van der Waals surface area contributed by atoms with Crippen molar-refractivity contribution in [3.8, 4) is 0 Å². The lowest BCUT2D eigenvalue weighted by molar-refractivity contribution is 0.0926. The Morgan fingerprint density at radius 3 is 2.95 bits per heavy atom. The van der Waals surface area contributed by atoms with Crippen molar-refractivity contribution in [1.82, 2.24) is 20.1 Å². The third-order valence-corrected chi connectivity index (χ3v) is 3.63. The highest BCUT2D eigenvalue weighted by molar-refractivity contribution is 5.96. The van der Waals surface area contributed by atoms with Crippen molar-refractivity contribution in [2.75, 3.05) is 5.73 Å². The van der Waals surface area contributed by atoms with E-state index in [4.69, 9.17) is 5.73 Å². The van der Waals surface area contributed by atoms with Crippen LogP contribution in [0.25, 0.3) is 0 Å². The molecule has 0 radical (unpaired) electrons. The van der Waals surface area contributed by atoms with E-state index in [1.807, 2.05) is 17.7 Å². The number of hydrogen-bond acceptors (Lipinski definition) is 4. The zero-order valence-corrected chi connectivity index (χ0v) is 13.8. The number of fused-ring (bicyclic) bond motifs is 1. The van der Waals surface area contributed by atoms with E-state index < -0.39 is 0 Å². The zero-order chi connectivity index (χ0) is 14.1. The number of nitrogen functional groups attached to an aromatic ring is 1. The second-order valence-corrected chi connectivity index (χ2v) is 5.08. The molecule has 1 amide bonds. The number of nitrogens with zero attached hydrogens (tertiary/aromatic N) is 3. The van der Waals surface area contributed by atoms with Crippen LogP contribution in [0.2, 0.25) is 0 Å². The van der Waals surface area contributed by atoms with Crippen molar-refractivity contribution in [1.29, 1.82) is 0 Å². The van der Waals surface area contributed by atoms with Crippen LogP contribution in [0.1, 0.15) is 40.6 Å². The minimum atomic E-state index is -0.115. The van der Waals surface area contributed by atoms with Gasteiger partial charge < -0.3 is 11.1 Å². The van der Waals surface area contributed by atoms with Crippen LogP contribution in [0.4, 0.5) is 5.69 Å². The predicted octanol–water partition coefficient (Wildman–Crippen LogP) is 2.28. The van der Waals surface area contributed by atoms with Crippen LogP contribution in [0.3, 0.4) is 0 Å². The quantitative estimate of drug-likeness (QED) is 0.819. The minimum Gasteiger partial charge on any atom is -0.399 e. The first-order valence-electron chi connectivity index (χ1n) is 6.70. The molecule has 22 heavy (non-hydrogen) atoms. The molecule has 3 rings (SSSR count). The lowest BCUT2D eigenvalue weighted by Gasteiger charge is -2.23. The smallest absolute Gasteiger partial charge is 0.252 e. The number of carbonyl (C=O) groups is 1. The summed E-state index contributed by atoms with van der Waals surface area (Å²) in [6, 6.07) is 5.27. The van der Waals surface area contributed by atoms with Crippen molar-refractivity contribution in [3.63, 3.8) is 0 Å². The number of aromatic nitrogens is 3. The molecule has 2 heterocycles. The SMILES string of the molecule is Cc1ccc(N)cc1C(=O)NC1CCCn2ncnc21.Cl.Cl. The summed E-state index contributed by atoms with van der Waals surface area (Å²) >= 11 is 0. The molecule has 8 heteroatoms. The van der Waals surface area contributed by atoms with E-state index in [2.05, 4.69) is 15.4 Å². The maximum atomic E-state index is 12.4. The molecule has 0 bridgehead atoms. The third kappa shape index (κ3) is 3.51. The van der Waals surface area contributed by atoms with Crippen LogP contribution in [0.15, 0.2) is 24.5 Å². The van der Waals surface area contributed by atoms with Gasteiger partial charge in [0, 0.05) is 17.8 Å². The number of anilines is 1. The molecule has 1 aliphatic rings. The largest absolute Gasteiger partial charge is 0.399 e. The number of aryl methyl sites for hydroxylation is 2. The van der Waals surface area contributed by atoms with E-state index in [0.29, 0.717) is 11.3 Å². The average Bonchev–Trinajstić information content (AvgIpc) is 2.91. The molecular formula is C14H19Cl2N5O. The summed E-state index contributed by atoms with van der Waals surface area (Å²) in [6.45, 7) is 2.76. The maximum absolute atomic E-state index is 12.4. The van der Waals surface area contributed by atoms with Gasteiger partial charge in [0.05, 0.1) is 6.04 Å². The minimum absolute atomic E-state index is 0. The van der Waals surface area contributed by atoms with E-state index in [-0.39, 0.29) is 36.8 Å². The summed E-state index contributed by atoms with van der Waals surface area (Å²) in [5.41, 5.74) is 7.87. The topological polar surface area (TPSA) is 85.8 Å². The summed E-state index contributed by atoms with van der Waals surface area (Å²) in [7, 11) is 0. The highest BCUT2D eigenvalue weighted by atomic mass is 35.5. The molecule has 1 aliphatic heterocycles. The Morgan fingerprint density at radius 2 is 2.18 bits per heavy atom. The van der Waals surface area contributed by atoms with Gasteiger partial charge in [-0.2, -0.15) is 5.10 Å². The first kappa shape index (κ1) is 18.3. The van der Waals surface area contributed by atoms with Crippen LogP contribution in [0, 0.1) is 6.92 Å². The first-order chi connectivity index (χ1) is 9.65. The van der Waals surface area contributed by atoms with Gasteiger partial charge in [-0.3, -0.25) is 4.79 Å². The predicted molar refractivity (Wildman–Crippen MR) is 89.6 cm³/mol. The van der Waals surface area contributed by atoms with Crippen LogP contribution in [-0.2, 0) is 6.54 Å². The van der Waals surface area contributed by atoms with Gasteiger partial charge in [0.15, 0.2) is 0 Å². The van der Waals surface area contributed by atoms with Crippen LogP contribution >= 0.6 is 24.8 Å². The molecule has 6 nitrogen and oxygen atoms in total. The fraction of sp³-hybridized carbons (Fsp3) is 0.357. The van der Waals surface area contributed by atoms with E-state index in [1.165, 1.54) is 6.33 Å². The molecule has 0 fully saturated rings. The molecule has 1 aromatic carbocycles. The van der Waals surface area contributed by atoms with Gasteiger partial charge in [-0.05, 0) is 37.5 Å². The molecule has 1 aromatic heterocycles. The van der Waals surface area contributed by atoms with E-state index >= 15 is 0 Å². The highest BCUT2D eigenvalue weighted by Gasteiger charge is 2.24. The molecule has 120 valence electrons. The van der Waals surface area contributed by atoms with Gasteiger partial charge >= 0.3 is 0 Å². The molecule has 1 unspecified atom stereocenters. The lowest BCUT2D eigenvalue weighted by atomic mass is 10.0. The van der Waals surface area contributed by atoms with Gasteiger partial charge in [0.25, 0.3) is 5.91 Å². The zero-order valence-electron chi connectivity index (χ0n) is 12.2. The molecule has 0 spiro atoms. The third-order valence-electron chi connectivity index (χ3n) is 3.63. The molecule has 0 saturated carbocycles. The number of rotatable bonds is 2. The van der Waals surface area contributed by atoms with Crippen molar-refractivity contribution in [3.05, 3.63) is 41.5 Å². The Morgan fingerprint density at radius 1 is 1.41 bits per heavy atom. The van der Waals surface area contributed by atoms with Gasteiger partial charge in [-0.15, -0.1) is 24.8 Å². The number of carbonyl (C=O) groups excluding carboxylic acids is 1. The van der Waals surface area contributed by atoms with Crippen molar-refractivity contribution in [2.45, 2.75) is 32.4 Å². The van der Waals surface area contributed by atoms with Gasteiger partial charge in [0.2, 0.25) is 0 Å². The highest BCUT2D eigenvalue weighted by Crippen LogP contribution is 2.23. The standard InChI is InChI=1S/C14H17N5O.2ClH/c1-9-4-5-10(15)7-11(9)14(20)18-12-3-2-6-19-13(12)16-8-17-19;;/h4-5,7-8,12H,2-3,6,15H2,1H3,(H,18,20);2*1H. The number of nitrogens with one attached hydrogen (secondary N) is 1. The van der Waals surface area contributed by atoms with Gasteiger partial charge in [-0.25, -0.2) is 9.67 Å². The number of halogens is 2. The number of benzene rings is 1. The Balaban J connectivity index is 0.00000121. The maximum Gasteiger partial charge on any atom is 0.252 e. The number of nitrogens with two attached hydrogens (primary N) is 1. The summed E-state index contributed by atoms with van der Waals surface area (Å²) in [5, 5.41) is 7.18. The van der Waals surface area contributed by atoms with E-state index in [0.717, 1.165) is 30.8 Å². The second kappa shape index (κ2) is 7.47. The van der Waals surface area contributed by atoms with Crippen LogP contribution in [-0.4, -0.2) is 20.7 Å². The normalized spacial score (nSPS) is 16.0. The fourth-order valence-electron chi connectivity index (χ4n) is 2.55. The Bertz CT molecular complexity index is 658. The molecule has 2 aromatic rings.